The SMILES string of the molecule is CCCCCOCC(O)COCc1ccccc1. The molecule has 0 spiro atoms. The van der Waals surface area contributed by atoms with E-state index in [1.54, 1.807) is 0 Å². The second-order valence-corrected chi connectivity index (χ2v) is 4.44. The second kappa shape index (κ2) is 10.1. The van der Waals surface area contributed by atoms with Crippen molar-refractivity contribution in [3.8, 4) is 0 Å². The van der Waals surface area contributed by atoms with Gasteiger partial charge >= 0.3 is 0 Å². The number of benzene rings is 1. The third-order valence-electron chi connectivity index (χ3n) is 2.62. The highest BCUT2D eigenvalue weighted by Crippen LogP contribution is 2.01. The summed E-state index contributed by atoms with van der Waals surface area (Å²) < 4.78 is 10.8. The predicted molar refractivity (Wildman–Crippen MR) is 72.4 cm³/mol. The molecule has 1 aromatic carbocycles. The Morgan fingerprint density at radius 2 is 1.78 bits per heavy atom. The van der Waals surface area contributed by atoms with Gasteiger partial charge in [-0.3, -0.25) is 0 Å². The van der Waals surface area contributed by atoms with Gasteiger partial charge in [-0.1, -0.05) is 50.1 Å². The van der Waals surface area contributed by atoms with E-state index in [0.29, 0.717) is 19.8 Å². The third-order valence-corrected chi connectivity index (χ3v) is 2.62. The van der Waals surface area contributed by atoms with Crippen molar-refractivity contribution in [3.63, 3.8) is 0 Å². The van der Waals surface area contributed by atoms with Crippen LogP contribution in [-0.2, 0) is 16.1 Å². The molecule has 0 aliphatic carbocycles. The second-order valence-electron chi connectivity index (χ2n) is 4.44. The molecule has 3 nitrogen and oxygen atoms in total. The lowest BCUT2D eigenvalue weighted by Gasteiger charge is -2.11. The van der Waals surface area contributed by atoms with Crippen molar-refractivity contribution in [2.45, 2.75) is 38.9 Å². The maximum absolute atomic E-state index is 9.63. The van der Waals surface area contributed by atoms with Crippen molar-refractivity contribution in [1.82, 2.24) is 0 Å². The average Bonchev–Trinajstić information content (AvgIpc) is 2.40. The summed E-state index contributed by atoms with van der Waals surface area (Å²) in [5.74, 6) is 0. The minimum atomic E-state index is -0.532. The molecular formula is C15H24O3. The number of ether oxygens (including phenoxy) is 2. The van der Waals surface area contributed by atoms with Gasteiger partial charge in [-0.25, -0.2) is 0 Å². The maximum atomic E-state index is 9.63. The first-order valence-corrected chi connectivity index (χ1v) is 6.70. The molecular weight excluding hydrogens is 228 g/mol. The first kappa shape index (κ1) is 15.2. The molecule has 0 aromatic heterocycles. The summed E-state index contributed by atoms with van der Waals surface area (Å²) >= 11 is 0. The Kier molecular flexibility index (Phi) is 8.47. The van der Waals surface area contributed by atoms with Crippen molar-refractivity contribution in [2.24, 2.45) is 0 Å². The van der Waals surface area contributed by atoms with Crippen molar-refractivity contribution >= 4 is 0 Å². The summed E-state index contributed by atoms with van der Waals surface area (Å²) in [6, 6.07) is 9.95. The summed E-state index contributed by atoms with van der Waals surface area (Å²) in [7, 11) is 0. The molecule has 0 heterocycles. The normalized spacial score (nSPS) is 12.6. The van der Waals surface area contributed by atoms with Crippen LogP contribution in [0.1, 0.15) is 31.7 Å². The third kappa shape index (κ3) is 7.43. The molecule has 0 aliphatic heterocycles. The zero-order valence-electron chi connectivity index (χ0n) is 11.2. The number of hydrogen-bond acceptors (Lipinski definition) is 3. The highest BCUT2D eigenvalue weighted by molar-refractivity contribution is 5.13. The van der Waals surface area contributed by atoms with Gasteiger partial charge in [0.1, 0.15) is 6.10 Å². The van der Waals surface area contributed by atoms with Gasteiger partial charge in [0, 0.05) is 6.61 Å². The molecule has 1 atom stereocenters. The molecule has 102 valence electrons. The Morgan fingerprint density at radius 3 is 2.50 bits per heavy atom. The standard InChI is InChI=1S/C15H24O3/c1-2-3-7-10-17-12-15(16)13-18-11-14-8-5-4-6-9-14/h4-6,8-9,15-16H,2-3,7,10-13H2,1H3. The van der Waals surface area contributed by atoms with Crippen LogP contribution in [0.5, 0.6) is 0 Å². The molecule has 1 N–H and O–H groups in total. The predicted octanol–water partition coefficient (Wildman–Crippen LogP) is 2.77. The van der Waals surface area contributed by atoms with E-state index in [4.69, 9.17) is 9.47 Å². The topological polar surface area (TPSA) is 38.7 Å². The smallest absolute Gasteiger partial charge is 0.101 e. The van der Waals surface area contributed by atoms with Gasteiger partial charge in [-0.15, -0.1) is 0 Å². The summed E-state index contributed by atoms with van der Waals surface area (Å²) in [5, 5.41) is 9.63. The summed E-state index contributed by atoms with van der Waals surface area (Å²) in [6.07, 6.45) is 2.90. The lowest BCUT2D eigenvalue weighted by atomic mass is 10.2. The van der Waals surface area contributed by atoms with Gasteiger partial charge in [0.25, 0.3) is 0 Å². The highest BCUT2D eigenvalue weighted by atomic mass is 16.5. The molecule has 0 fully saturated rings. The fourth-order valence-electron chi connectivity index (χ4n) is 1.61. The first-order chi connectivity index (χ1) is 8.83. The lowest BCUT2D eigenvalue weighted by molar-refractivity contribution is -0.0239. The van der Waals surface area contributed by atoms with Gasteiger partial charge in [0.15, 0.2) is 0 Å². The van der Waals surface area contributed by atoms with Crippen LogP contribution in [-0.4, -0.2) is 31.0 Å². The van der Waals surface area contributed by atoms with Gasteiger partial charge in [0.05, 0.1) is 19.8 Å². The van der Waals surface area contributed by atoms with Crippen LogP contribution < -0.4 is 0 Å². The minimum absolute atomic E-state index is 0.322. The molecule has 0 aliphatic rings. The number of unbranched alkanes of at least 4 members (excludes halogenated alkanes) is 2. The molecule has 0 amide bonds. The quantitative estimate of drug-likeness (QED) is 0.651. The van der Waals surface area contributed by atoms with E-state index in [1.807, 2.05) is 30.3 Å². The van der Waals surface area contributed by atoms with Crippen molar-refractivity contribution < 1.29 is 14.6 Å². The number of hydrogen-bond donors (Lipinski definition) is 1. The Balaban J connectivity index is 1.98. The zero-order valence-corrected chi connectivity index (χ0v) is 11.2. The molecule has 0 bridgehead atoms. The van der Waals surface area contributed by atoms with Crippen molar-refractivity contribution in [1.29, 1.82) is 0 Å². The van der Waals surface area contributed by atoms with Crippen LogP contribution >= 0.6 is 0 Å². The molecule has 0 saturated heterocycles. The van der Waals surface area contributed by atoms with Crippen LogP contribution in [0.25, 0.3) is 0 Å². The van der Waals surface area contributed by atoms with Crippen LogP contribution in [0.15, 0.2) is 30.3 Å². The maximum Gasteiger partial charge on any atom is 0.101 e. The lowest BCUT2D eigenvalue weighted by Crippen LogP contribution is -2.22. The van der Waals surface area contributed by atoms with Gasteiger partial charge < -0.3 is 14.6 Å². The van der Waals surface area contributed by atoms with E-state index < -0.39 is 6.10 Å². The molecule has 3 heteroatoms. The van der Waals surface area contributed by atoms with E-state index in [1.165, 1.54) is 12.8 Å². The van der Waals surface area contributed by atoms with Crippen molar-refractivity contribution in [3.05, 3.63) is 35.9 Å². The Morgan fingerprint density at radius 1 is 1.06 bits per heavy atom. The number of aliphatic hydroxyl groups excluding tert-OH is 1. The molecule has 0 saturated carbocycles. The molecule has 1 unspecified atom stereocenters. The number of rotatable bonds is 10. The van der Waals surface area contributed by atoms with Crippen LogP contribution in [0.4, 0.5) is 0 Å². The fraction of sp³-hybridized carbons (Fsp3) is 0.600. The van der Waals surface area contributed by atoms with E-state index in [-0.39, 0.29) is 0 Å². The van der Waals surface area contributed by atoms with E-state index in [0.717, 1.165) is 18.6 Å². The minimum Gasteiger partial charge on any atom is -0.388 e. The fourth-order valence-corrected chi connectivity index (χ4v) is 1.61. The summed E-state index contributed by atoms with van der Waals surface area (Å²) in [6.45, 7) is 4.10. The van der Waals surface area contributed by atoms with E-state index >= 15 is 0 Å². The van der Waals surface area contributed by atoms with Gasteiger partial charge in [0.2, 0.25) is 0 Å². The Hall–Kier alpha value is -0.900. The monoisotopic (exact) mass is 252 g/mol. The van der Waals surface area contributed by atoms with Crippen LogP contribution in [0.3, 0.4) is 0 Å². The van der Waals surface area contributed by atoms with E-state index in [2.05, 4.69) is 6.92 Å². The largest absolute Gasteiger partial charge is 0.388 e. The first-order valence-electron chi connectivity index (χ1n) is 6.70. The van der Waals surface area contributed by atoms with Gasteiger partial charge in [-0.2, -0.15) is 0 Å². The van der Waals surface area contributed by atoms with Crippen LogP contribution in [0, 0.1) is 0 Å². The summed E-state index contributed by atoms with van der Waals surface area (Å²) in [5.41, 5.74) is 1.12. The molecule has 18 heavy (non-hydrogen) atoms. The van der Waals surface area contributed by atoms with Crippen LogP contribution in [0.2, 0.25) is 0 Å². The molecule has 1 rings (SSSR count). The molecule has 1 aromatic rings. The highest BCUT2D eigenvalue weighted by Gasteiger charge is 2.04. The van der Waals surface area contributed by atoms with E-state index in [9.17, 15) is 5.11 Å². The van der Waals surface area contributed by atoms with Gasteiger partial charge in [-0.05, 0) is 12.0 Å². The summed E-state index contributed by atoms with van der Waals surface area (Å²) in [4.78, 5) is 0. The number of aliphatic hydroxyl groups is 1. The average molecular weight is 252 g/mol. The Bertz CT molecular complexity index is 287. The Labute approximate surface area is 110 Å². The zero-order chi connectivity index (χ0) is 13.1. The van der Waals surface area contributed by atoms with Crippen molar-refractivity contribution in [2.75, 3.05) is 19.8 Å². The molecule has 0 radical (unpaired) electrons.